The third-order valence-corrected chi connectivity index (χ3v) is 5.43. The Morgan fingerprint density at radius 1 is 1.25 bits per heavy atom. The normalized spacial score (nSPS) is 17.4. The molecule has 1 saturated carbocycles. The predicted octanol–water partition coefficient (Wildman–Crippen LogP) is 2.43. The highest BCUT2D eigenvalue weighted by molar-refractivity contribution is 5.94. The van der Waals surface area contributed by atoms with Gasteiger partial charge in [0.2, 0.25) is 5.91 Å². The van der Waals surface area contributed by atoms with E-state index >= 15 is 0 Å². The van der Waals surface area contributed by atoms with E-state index in [4.69, 9.17) is 4.74 Å². The predicted molar refractivity (Wildman–Crippen MR) is 104 cm³/mol. The maximum Gasteiger partial charge on any atom is 0.251 e. The minimum Gasteiger partial charge on any atom is -0.490 e. The van der Waals surface area contributed by atoms with Gasteiger partial charge in [-0.05, 0) is 38.0 Å². The summed E-state index contributed by atoms with van der Waals surface area (Å²) < 4.78 is 6.08. The molecule has 0 radical (unpaired) electrons. The highest BCUT2D eigenvalue weighted by Crippen LogP contribution is 2.32. The summed E-state index contributed by atoms with van der Waals surface area (Å²) in [6, 6.07) is 7.25. The molecule has 1 aliphatic carbocycles. The van der Waals surface area contributed by atoms with Crippen LogP contribution in [0.15, 0.2) is 30.6 Å². The van der Waals surface area contributed by atoms with Crippen molar-refractivity contribution in [3.8, 4) is 5.75 Å². The van der Waals surface area contributed by atoms with Crippen LogP contribution in [0.1, 0.15) is 47.4 Å². The van der Waals surface area contributed by atoms with Crippen molar-refractivity contribution < 1.29 is 14.3 Å². The van der Waals surface area contributed by atoms with E-state index in [-0.39, 0.29) is 17.9 Å². The fourth-order valence-electron chi connectivity index (χ4n) is 3.52. The number of amides is 2. The molecule has 0 bridgehead atoms. The molecule has 1 saturated heterocycles. The van der Waals surface area contributed by atoms with Crippen LogP contribution in [-0.2, 0) is 11.3 Å². The first-order valence-corrected chi connectivity index (χ1v) is 9.92. The molecule has 1 aromatic heterocycles. The number of ether oxygens (including phenoxy) is 1. The zero-order valence-corrected chi connectivity index (χ0v) is 16.1. The average molecular weight is 382 g/mol. The number of nitrogens with one attached hydrogen (secondary N) is 2. The highest BCUT2D eigenvalue weighted by atomic mass is 16.5. The summed E-state index contributed by atoms with van der Waals surface area (Å²) >= 11 is 0. The molecule has 2 fully saturated rings. The minimum atomic E-state index is -0.155. The Morgan fingerprint density at radius 3 is 2.71 bits per heavy atom. The molecule has 28 heavy (non-hydrogen) atoms. The number of benzene rings is 1. The Balaban J connectivity index is 1.29. The Bertz CT molecular complexity index is 851. The number of aromatic nitrogens is 2. The largest absolute Gasteiger partial charge is 0.490 e. The van der Waals surface area contributed by atoms with Crippen LogP contribution in [0, 0.1) is 12.8 Å². The average Bonchev–Trinajstić information content (AvgIpc) is 3.48. The summed E-state index contributed by atoms with van der Waals surface area (Å²) in [5.41, 5.74) is 2.34. The van der Waals surface area contributed by atoms with Crippen molar-refractivity contribution in [3.63, 3.8) is 0 Å². The number of hydrogen-bond donors (Lipinski definition) is 2. The second-order valence-corrected chi connectivity index (χ2v) is 7.60. The van der Waals surface area contributed by atoms with Gasteiger partial charge in [-0.1, -0.05) is 6.07 Å². The van der Waals surface area contributed by atoms with Gasteiger partial charge in [-0.25, -0.2) is 4.98 Å². The van der Waals surface area contributed by atoms with Crippen LogP contribution >= 0.6 is 0 Å². The first kappa shape index (κ1) is 18.5. The van der Waals surface area contributed by atoms with Crippen LogP contribution in [0.4, 0.5) is 0 Å². The number of piperidine rings is 1. The summed E-state index contributed by atoms with van der Waals surface area (Å²) in [5.74, 6) is 1.12. The summed E-state index contributed by atoms with van der Waals surface area (Å²) in [6.07, 6.45) is 5.44. The third kappa shape index (κ3) is 4.35. The van der Waals surface area contributed by atoms with Crippen LogP contribution in [0.5, 0.6) is 5.75 Å². The van der Waals surface area contributed by atoms with Gasteiger partial charge in [-0.3, -0.25) is 9.59 Å². The first-order valence-electron chi connectivity index (χ1n) is 9.92. The van der Waals surface area contributed by atoms with Crippen molar-refractivity contribution in [2.75, 3.05) is 13.1 Å². The third-order valence-electron chi connectivity index (χ3n) is 5.43. The van der Waals surface area contributed by atoms with Crippen molar-refractivity contribution in [2.24, 2.45) is 5.92 Å². The molecule has 1 aromatic carbocycles. The molecule has 2 amide bonds. The van der Waals surface area contributed by atoms with E-state index in [9.17, 15) is 9.59 Å². The standard InChI is InChI=1S/C21H26N4O3/c1-14-19(24-13-23-14)12-22-20(26)16-3-2-4-18(11-16)28-17-7-9-25(10-8-17)21(27)15-5-6-15/h2-4,11,13,15,17H,5-10,12H2,1H3,(H,22,26)(H,23,24). The monoisotopic (exact) mass is 382 g/mol. The smallest absolute Gasteiger partial charge is 0.251 e. The van der Waals surface area contributed by atoms with Gasteiger partial charge in [0.05, 0.1) is 18.6 Å². The Labute approximate surface area is 164 Å². The van der Waals surface area contributed by atoms with Gasteiger partial charge in [-0.2, -0.15) is 0 Å². The zero-order valence-electron chi connectivity index (χ0n) is 16.1. The molecule has 148 valence electrons. The molecule has 2 aromatic rings. The molecule has 2 heterocycles. The van der Waals surface area contributed by atoms with Crippen LogP contribution < -0.4 is 10.1 Å². The first-order chi connectivity index (χ1) is 13.6. The molecule has 0 atom stereocenters. The second kappa shape index (κ2) is 8.04. The summed E-state index contributed by atoms with van der Waals surface area (Å²) in [4.78, 5) is 33.7. The fraction of sp³-hybridized carbons (Fsp3) is 0.476. The van der Waals surface area contributed by atoms with Crippen LogP contribution in [-0.4, -0.2) is 45.9 Å². The maximum absolute atomic E-state index is 12.4. The van der Waals surface area contributed by atoms with Crippen molar-refractivity contribution in [3.05, 3.63) is 47.5 Å². The zero-order chi connectivity index (χ0) is 19.5. The van der Waals surface area contributed by atoms with Crippen molar-refractivity contribution in [2.45, 2.75) is 45.3 Å². The topological polar surface area (TPSA) is 87.3 Å². The van der Waals surface area contributed by atoms with E-state index in [1.54, 1.807) is 18.5 Å². The molecule has 0 unspecified atom stereocenters. The molecular formula is C21H26N4O3. The number of carbonyl (C=O) groups excluding carboxylic acids is 2. The molecule has 0 spiro atoms. The Hall–Kier alpha value is -2.83. The van der Waals surface area contributed by atoms with E-state index in [0.717, 1.165) is 50.2 Å². The summed E-state index contributed by atoms with van der Waals surface area (Å²) in [6.45, 7) is 3.81. The van der Waals surface area contributed by atoms with E-state index in [1.165, 1.54) is 0 Å². The van der Waals surface area contributed by atoms with E-state index in [1.807, 2.05) is 24.0 Å². The molecule has 7 heteroatoms. The van der Waals surface area contributed by atoms with Gasteiger partial charge >= 0.3 is 0 Å². The van der Waals surface area contributed by atoms with Gasteiger partial charge in [-0.15, -0.1) is 0 Å². The summed E-state index contributed by atoms with van der Waals surface area (Å²) in [7, 11) is 0. The lowest BCUT2D eigenvalue weighted by Gasteiger charge is -2.32. The number of H-pyrrole nitrogens is 1. The van der Waals surface area contributed by atoms with Crippen LogP contribution in [0.3, 0.4) is 0 Å². The number of carbonyl (C=O) groups is 2. The lowest BCUT2D eigenvalue weighted by Crippen LogP contribution is -2.42. The van der Waals surface area contributed by atoms with Gasteiger partial charge in [0, 0.05) is 43.1 Å². The van der Waals surface area contributed by atoms with Gasteiger partial charge in [0.1, 0.15) is 11.9 Å². The van der Waals surface area contributed by atoms with E-state index in [2.05, 4.69) is 15.3 Å². The van der Waals surface area contributed by atoms with Gasteiger partial charge in [0.25, 0.3) is 5.91 Å². The number of aromatic amines is 1. The molecule has 2 N–H and O–H groups in total. The molecule has 7 nitrogen and oxygen atoms in total. The quantitative estimate of drug-likeness (QED) is 0.803. The minimum absolute atomic E-state index is 0.0771. The number of hydrogen-bond acceptors (Lipinski definition) is 4. The lowest BCUT2D eigenvalue weighted by atomic mass is 10.1. The van der Waals surface area contributed by atoms with Crippen LogP contribution in [0.25, 0.3) is 0 Å². The Kier molecular flexibility index (Phi) is 5.32. The Morgan fingerprint density at radius 2 is 2.04 bits per heavy atom. The molecule has 2 aliphatic rings. The highest BCUT2D eigenvalue weighted by Gasteiger charge is 2.35. The van der Waals surface area contributed by atoms with Gasteiger partial charge in [0.15, 0.2) is 0 Å². The van der Waals surface area contributed by atoms with E-state index in [0.29, 0.717) is 23.8 Å². The number of nitrogens with zero attached hydrogens (tertiary/aromatic N) is 2. The van der Waals surface area contributed by atoms with E-state index < -0.39 is 0 Å². The lowest BCUT2D eigenvalue weighted by molar-refractivity contribution is -0.134. The maximum atomic E-state index is 12.4. The molecular weight excluding hydrogens is 356 g/mol. The van der Waals surface area contributed by atoms with Gasteiger partial charge < -0.3 is 19.9 Å². The van der Waals surface area contributed by atoms with Crippen LogP contribution in [0.2, 0.25) is 0 Å². The SMILES string of the molecule is Cc1[nH]cnc1CNC(=O)c1cccc(OC2CCN(C(=O)C3CC3)CC2)c1. The number of imidazole rings is 1. The number of likely N-dealkylation sites (tertiary alicyclic amines) is 1. The van der Waals surface area contributed by atoms with Crippen molar-refractivity contribution >= 4 is 11.8 Å². The van der Waals surface area contributed by atoms with Crippen molar-refractivity contribution in [1.82, 2.24) is 20.2 Å². The molecule has 1 aliphatic heterocycles. The van der Waals surface area contributed by atoms with Crippen molar-refractivity contribution in [1.29, 1.82) is 0 Å². The second-order valence-electron chi connectivity index (χ2n) is 7.60. The summed E-state index contributed by atoms with van der Waals surface area (Å²) in [5, 5.41) is 2.89. The number of rotatable bonds is 6. The number of aryl methyl sites for hydroxylation is 1. The fourth-order valence-corrected chi connectivity index (χ4v) is 3.52. The molecule has 4 rings (SSSR count).